The number of aromatic carboxylic acids is 1. The second-order valence-corrected chi connectivity index (χ2v) is 5.33. The third-order valence-corrected chi connectivity index (χ3v) is 4.07. The second kappa shape index (κ2) is 5.12. The SMILES string of the molecule is CCc1ccc(C2CCc3nc(C(=O)O)cn3C2)cc1. The average molecular weight is 270 g/mol. The molecule has 1 aliphatic rings. The lowest BCUT2D eigenvalue weighted by atomic mass is 9.91. The van der Waals surface area contributed by atoms with Crippen LogP contribution in [0.15, 0.2) is 30.5 Å². The molecule has 0 saturated heterocycles. The third kappa shape index (κ3) is 2.33. The van der Waals surface area contributed by atoms with Crippen LogP contribution in [0.1, 0.15) is 46.7 Å². The molecule has 1 atom stereocenters. The Morgan fingerprint density at radius 3 is 2.80 bits per heavy atom. The topological polar surface area (TPSA) is 55.1 Å². The molecule has 2 heterocycles. The van der Waals surface area contributed by atoms with E-state index in [1.807, 2.05) is 4.57 Å². The van der Waals surface area contributed by atoms with Gasteiger partial charge in [-0.15, -0.1) is 0 Å². The van der Waals surface area contributed by atoms with Gasteiger partial charge in [-0.2, -0.15) is 0 Å². The molecular weight excluding hydrogens is 252 g/mol. The number of aromatic nitrogens is 2. The van der Waals surface area contributed by atoms with Crippen LogP contribution in [0, 0.1) is 0 Å². The predicted molar refractivity (Wildman–Crippen MR) is 76.1 cm³/mol. The summed E-state index contributed by atoms with van der Waals surface area (Å²) in [4.78, 5) is 15.1. The number of carboxylic acids is 1. The van der Waals surface area contributed by atoms with Crippen molar-refractivity contribution in [2.75, 3.05) is 0 Å². The standard InChI is InChI=1S/C16H18N2O2/c1-2-11-3-5-12(6-4-11)13-7-8-15-17-14(16(19)20)10-18(15)9-13/h3-6,10,13H,2,7-9H2,1H3,(H,19,20). The van der Waals surface area contributed by atoms with Crippen LogP contribution in [0.25, 0.3) is 0 Å². The van der Waals surface area contributed by atoms with Crippen molar-refractivity contribution in [3.05, 3.63) is 53.1 Å². The van der Waals surface area contributed by atoms with E-state index in [1.54, 1.807) is 6.20 Å². The van der Waals surface area contributed by atoms with Gasteiger partial charge in [0.2, 0.25) is 0 Å². The Morgan fingerprint density at radius 2 is 2.15 bits per heavy atom. The molecule has 1 unspecified atom stereocenters. The van der Waals surface area contributed by atoms with Gasteiger partial charge in [0, 0.05) is 25.1 Å². The minimum absolute atomic E-state index is 0.155. The molecule has 0 saturated carbocycles. The minimum Gasteiger partial charge on any atom is -0.476 e. The summed E-state index contributed by atoms with van der Waals surface area (Å²) in [6.07, 6.45) is 4.58. The first-order valence-corrected chi connectivity index (χ1v) is 7.05. The van der Waals surface area contributed by atoms with Crippen molar-refractivity contribution in [2.24, 2.45) is 0 Å². The molecule has 0 radical (unpaired) electrons. The summed E-state index contributed by atoms with van der Waals surface area (Å²) < 4.78 is 1.99. The number of nitrogens with zero attached hydrogens (tertiary/aromatic N) is 2. The zero-order valence-corrected chi connectivity index (χ0v) is 11.5. The lowest BCUT2D eigenvalue weighted by Crippen LogP contribution is -2.18. The first kappa shape index (κ1) is 12.9. The van der Waals surface area contributed by atoms with E-state index in [0.29, 0.717) is 5.92 Å². The normalized spacial score (nSPS) is 17.8. The highest BCUT2D eigenvalue weighted by Gasteiger charge is 2.23. The zero-order chi connectivity index (χ0) is 14.1. The van der Waals surface area contributed by atoms with Gasteiger partial charge < -0.3 is 9.67 Å². The fourth-order valence-electron chi connectivity index (χ4n) is 2.84. The van der Waals surface area contributed by atoms with E-state index in [9.17, 15) is 4.79 Å². The highest BCUT2D eigenvalue weighted by atomic mass is 16.4. The molecule has 0 amide bonds. The van der Waals surface area contributed by atoms with Crippen molar-refractivity contribution < 1.29 is 9.90 Å². The lowest BCUT2D eigenvalue weighted by molar-refractivity contribution is 0.0691. The summed E-state index contributed by atoms with van der Waals surface area (Å²) >= 11 is 0. The van der Waals surface area contributed by atoms with Crippen molar-refractivity contribution >= 4 is 5.97 Å². The molecule has 4 heteroatoms. The molecule has 0 spiro atoms. The first-order valence-electron chi connectivity index (χ1n) is 7.05. The number of carbonyl (C=O) groups is 1. The largest absolute Gasteiger partial charge is 0.476 e. The molecule has 0 aliphatic carbocycles. The Labute approximate surface area is 118 Å². The van der Waals surface area contributed by atoms with Gasteiger partial charge >= 0.3 is 5.97 Å². The van der Waals surface area contributed by atoms with Crippen molar-refractivity contribution in [3.8, 4) is 0 Å². The van der Waals surface area contributed by atoms with Crippen LogP contribution in [-0.4, -0.2) is 20.6 Å². The van der Waals surface area contributed by atoms with Crippen molar-refractivity contribution in [1.29, 1.82) is 0 Å². The van der Waals surface area contributed by atoms with Crippen molar-refractivity contribution in [2.45, 2.75) is 38.6 Å². The van der Waals surface area contributed by atoms with Gasteiger partial charge in [-0.05, 0) is 24.0 Å². The molecule has 0 fully saturated rings. The number of hydrogen-bond acceptors (Lipinski definition) is 2. The summed E-state index contributed by atoms with van der Waals surface area (Å²) in [7, 11) is 0. The summed E-state index contributed by atoms with van der Waals surface area (Å²) in [6.45, 7) is 2.97. The van der Waals surface area contributed by atoms with Crippen LogP contribution < -0.4 is 0 Å². The van der Waals surface area contributed by atoms with Gasteiger partial charge in [0.1, 0.15) is 5.82 Å². The predicted octanol–water partition coefficient (Wildman–Crippen LogP) is 2.87. The molecular formula is C16H18N2O2. The molecule has 104 valence electrons. The quantitative estimate of drug-likeness (QED) is 0.933. The monoisotopic (exact) mass is 270 g/mol. The van der Waals surface area contributed by atoms with E-state index in [2.05, 4.69) is 36.2 Å². The van der Waals surface area contributed by atoms with Crippen LogP contribution in [0.2, 0.25) is 0 Å². The van der Waals surface area contributed by atoms with Crippen LogP contribution in [0.3, 0.4) is 0 Å². The Bertz CT molecular complexity index is 628. The van der Waals surface area contributed by atoms with E-state index in [0.717, 1.165) is 31.6 Å². The summed E-state index contributed by atoms with van der Waals surface area (Å²) in [5, 5.41) is 9.00. The molecule has 1 aromatic carbocycles. The molecule has 0 bridgehead atoms. The van der Waals surface area contributed by atoms with Gasteiger partial charge in [0.25, 0.3) is 0 Å². The number of hydrogen-bond donors (Lipinski definition) is 1. The number of benzene rings is 1. The van der Waals surface area contributed by atoms with E-state index in [1.165, 1.54) is 11.1 Å². The van der Waals surface area contributed by atoms with Gasteiger partial charge in [-0.1, -0.05) is 31.2 Å². The number of fused-ring (bicyclic) bond motifs is 1. The van der Waals surface area contributed by atoms with E-state index < -0.39 is 5.97 Å². The van der Waals surface area contributed by atoms with E-state index >= 15 is 0 Å². The molecule has 4 nitrogen and oxygen atoms in total. The van der Waals surface area contributed by atoms with Gasteiger partial charge in [0.05, 0.1) is 0 Å². The highest BCUT2D eigenvalue weighted by molar-refractivity contribution is 5.85. The van der Waals surface area contributed by atoms with Gasteiger partial charge in [-0.25, -0.2) is 9.78 Å². The summed E-state index contributed by atoms with van der Waals surface area (Å²) in [6, 6.07) is 8.76. The van der Waals surface area contributed by atoms with Crippen LogP contribution in [0.5, 0.6) is 0 Å². The smallest absolute Gasteiger partial charge is 0.356 e. The van der Waals surface area contributed by atoms with Gasteiger partial charge in [0.15, 0.2) is 5.69 Å². The maximum Gasteiger partial charge on any atom is 0.356 e. The number of rotatable bonds is 3. The van der Waals surface area contributed by atoms with Crippen LogP contribution >= 0.6 is 0 Å². The van der Waals surface area contributed by atoms with Crippen molar-refractivity contribution in [1.82, 2.24) is 9.55 Å². The number of imidazole rings is 1. The average Bonchev–Trinajstić information content (AvgIpc) is 2.90. The summed E-state index contributed by atoms with van der Waals surface area (Å²) in [5.41, 5.74) is 2.83. The number of carboxylic acid groups (broad SMARTS) is 1. The Kier molecular flexibility index (Phi) is 3.30. The molecule has 3 rings (SSSR count). The Hall–Kier alpha value is -2.10. The molecule has 2 aromatic rings. The zero-order valence-electron chi connectivity index (χ0n) is 11.5. The van der Waals surface area contributed by atoms with Gasteiger partial charge in [-0.3, -0.25) is 0 Å². The fourth-order valence-corrected chi connectivity index (χ4v) is 2.84. The maximum absolute atomic E-state index is 11.0. The Morgan fingerprint density at radius 1 is 1.40 bits per heavy atom. The fraction of sp³-hybridized carbons (Fsp3) is 0.375. The Balaban J connectivity index is 1.82. The van der Waals surface area contributed by atoms with Crippen molar-refractivity contribution in [3.63, 3.8) is 0 Å². The first-order chi connectivity index (χ1) is 9.67. The second-order valence-electron chi connectivity index (χ2n) is 5.33. The number of aryl methyl sites for hydroxylation is 2. The molecule has 1 N–H and O–H groups in total. The van der Waals surface area contributed by atoms with E-state index in [-0.39, 0.29) is 5.69 Å². The maximum atomic E-state index is 11.0. The minimum atomic E-state index is -0.948. The molecule has 1 aliphatic heterocycles. The van der Waals surface area contributed by atoms with Crippen LogP contribution in [-0.2, 0) is 19.4 Å². The van der Waals surface area contributed by atoms with E-state index in [4.69, 9.17) is 5.11 Å². The van der Waals surface area contributed by atoms with Crippen LogP contribution in [0.4, 0.5) is 0 Å². The molecule has 1 aromatic heterocycles. The summed E-state index contributed by atoms with van der Waals surface area (Å²) in [5.74, 6) is 0.392. The third-order valence-electron chi connectivity index (χ3n) is 4.07. The highest BCUT2D eigenvalue weighted by Crippen LogP contribution is 2.29. The lowest BCUT2D eigenvalue weighted by Gasteiger charge is -2.24. The molecule has 20 heavy (non-hydrogen) atoms.